The van der Waals surface area contributed by atoms with Gasteiger partial charge in [0, 0.05) is 43.1 Å². The maximum atomic E-state index is 11.9. The molecule has 2 aromatic carbocycles. The highest BCUT2D eigenvalue weighted by atomic mass is 16.5. The van der Waals surface area contributed by atoms with Crippen molar-refractivity contribution in [2.24, 2.45) is 0 Å². The van der Waals surface area contributed by atoms with E-state index in [2.05, 4.69) is 20.0 Å². The molecule has 3 aromatic rings. The van der Waals surface area contributed by atoms with Crippen molar-refractivity contribution < 1.29 is 10.0 Å². The average molecular weight is 408 g/mol. The lowest BCUT2D eigenvalue weighted by Gasteiger charge is -2.25. The van der Waals surface area contributed by atoms with Crippen molar-refractivity contribution in [2.75, 3.05) is 36.0 Å². The molecule has 0 aliphatic carbocycles. The number of hydroxylamine groups is 1. The highest BCUT2D eigenvalue weighted by Gasteiger charge is 2.16. The molecule has 30 heavy (non-hydrogen) atoms. The number of amides is 1. The van der Waals surface area contributed by atoms with Gasteiger partial charge >= 0.3 is 5.69 Å². The molecular formula is C21H24N6O3. The predicted molar refractivity (Wildman–Crippen MR) is 114 cm³/mol. The van der Waals surface area contributed by atoms with E-state index in [4.69, 9.17) is 5.21 Å². The van der Waals surface area contributed by atoms with Gasteiger partial charge in [0.1, 0.15) is 5.82 Å². The Morgan fingerprint density at radius 3 is 1.97 bits per heavy atom. The van der Waals surface area contributed by atoms with Gasteiger partial charge in [-0.2, -0.15) is 5.10 Å². The molecule has 0 unspecified atom stereocenters. The third-order valence-electron chi connectivity index (χ3n) is 5.41. The lowest BCUT2D eigenvalue weighted by Crippen LogP contribution is -2.30. The molecule has 1 aliphatic heterocycles. The predicted octanol–water partition coefficient (Wildman–Crippen LogP) is 1.70. The topological polar surface area (TPSA) is 106 Å². The second kappa shape index (κ2) is 8.42. The van der Waals surface area contributed by atoms with E-state index in [-0.39, 0.29) is 5.69 Å². The van der Waals surface area contributed by atoms with Gasteiger partial charge < -0.3 is 9.80 Å². The van der Waals surface area contributed by atoms with Crippen molar-refractivity contribution in [2.45, 2.75) is 13.3 Å². The van der Waals surface area contributed by atoms with Gasteiger partial charge in [0.25, 0.3) is 5.91 Å². The number of carbonyl (C=O) groups excluding carboxylic acids is 1. The Bertz CT molecular complexity index is 1070. The summed E-state index contributed by atoms with van der Waals surface area (Å²) in [5.74, 6) is 0.112. The normalized spacial score (nSPS) is 14.5. The minimum Gasteiger partial charge on any atom is -0.370 e. The highest BCUT2D eigenvalue weighted by molar-refractivity contribution is 5.93. The molecule has 1 aromatic heterocycles. The second-order valence-electron chi connectivity index (χ2n) is 7.24. The SMILES string of the molecule is Cc1n[nH]c(=O)n1-c1ccc(N2CCCN(c3ccc(C(=O)NO)cc3)CC2)cc1. The van der Waals surface area contributed by atoms with Crippen molar-refractivity contribution in [3.05, 3.63) is 70.4 Å². The molecule has 1 fully saturated rings. The van der Waals surface area contributed by atoms with E-state index < -0.39 is 5.91 Å². The summed E-state index contributed by atoms with van der Waals surface area (Å²) in [5, 5.41) is 15.2. The Morgan fingerprint density at radius 1 is 0.933 bits per heavy atom. The van der Waals surface area contributed by atoms with Crippen LogP contribution in [-0.2, 0) is 0 Å². The fourth-order valence-electron chi connectivity index (χ4n) is 3.81. The van der Waals surface area contributed by atoms with E-state index in [1.165, 1.54) is 0 Å². The molecule has 1 aliphatic rings. The monoisotopic (exact) mass is 408 g/mol. The number of nitrogens with zero attached hydrogens (tertiary/aromatic N) is 4. The van der Waals surface area contributed by atoms with Gasteiger partial charge in [0.05, 0.1) is 5.69 Å². The van der Waals surface area contributed by atoms with Crippen molar-refractivity contribution in [3.8, 4) is 5.69 Å². The number of hydrogen-bond donors (Lipinski definition) is 3. The van der Waals surface area contributed by atoms with Gasteiger partial charge in [-0.05, 0) is 61.9 Å². The Balaban J connectivity index is 1.44. The first-order valence-corrected chi connectivity index (χ1v) is 9.85. The lowest BCUT2D eigenvalue weighted by atomic mass is 10.2. The molecule has 2 heterocycles. The Morgan fingerprint density at radius 2 is 1.47 bits per heavy atom. The number of rotatable bonds is 4. The Hall–Kier alpha value is -3.59. The van der Waals surface area contributed by atoms with Gasteiger partial charge in [-0.1, -0.05) is 0 Å². The zero-order chi connectivity index (χ0) is 21.1. The van der Waals surface area contributed by atoms with Gasteiger partial charge in [-0.15, -0.1) is 0 Å². The summed E-state index contributed by atoms with van der Waals surface area (Å²) in [5.41, 5.74) is 4.79. The van der Waals surface area contributed by atoms with Gasteiger partial charge in [-0.3, -0.25) is 10.0 Å². The van der Waals surface area contributed by atoms with Gasteiger partial charge in [0.15, 0.2) is 0 Å². The second-order valence-corrected chi connectivity index (χ2v) is 7.24. The van der Waals surface area contributed by atoms with Crippen LogP contribution in [0.1, 0.15) is 22.6 Å². The number of hydrogen-bond acceptors (Lipinski definition) is 6. The maximum absolute atomic E-state index is 11.9. The number of aryl methyl sites for hydroxylation is 1. The van der Waals surface area contributed by atoms with Crippen molar-refractivity contribution in [1.29, 1.82) is 0 Å². The first-order chi connectivity index (χ1) is 14.6. The molecule has 0 radical (unpaired) electrons. The molecule has 0 saturated carbocycles. The largest absolute Gasteiger partial charge is 0.370 e. The molecule has 0 bridgehead atoms. The number of aromatic amines is 1. The minimum atomic E-state index is -0.514. The molecule has 3 N–H and O–H groups in total. The Labute approximate surface area is 173 Å². The minimum absolute atomic E-state index is 0.242. The van der Waals surface area contributed by atoms with Crippen LogP contribution in [0.4, 0.5) is 11.4 Å². The number of aromatic nitrogens is 3. The third-order valence-corrected chi connectivity index (χ3v) is 5.41. The molecule has 9 heteroatoms. The van der Waals surface area contributed by atoms with E-state index >= 15 is 0 Å². The summed E-state index contributed by atoms with van der Waals surface area (Å²) in [6.45, 7) is 5.36. The standard InChI is InChI=1S/C21H24N6O3/c1-15-22-23-21(29)27(15)19-9-7-18(8-10-19)26-12-2-11-25(13-14-26)17-5-3-16(4-6-17)20(28)24-30/h3-10,30H,2,11-14H2,1H3,(H,23,29)(H,24,28). The summed E-state index contributed by atoms with van der Waals surface area (Å²) < 4.78 is 1.55. The third kappa shape index (κ3) is 3.92. The Kier molecular flexibility index (Phi) is 5.53. The smallest absolute Gasteiger partial charge is 0.347 e. The van der Waals surface area contributed by atoms with Crippen LogP contribution in [0, 0.1) is 6.92 Å². The molecule has 4 rings (SSSR count). The van der Waals surface area contributed by atoms with E-state index in [1.807, 2.05) is 36.4 Å². The van der Waals surface area contributed by atoms with Crippen LogP contribution < -0.4 is 21.0 Å². The van der Waals surface area contributed by atoms with Crippen LogP contribution in [0.5, 0.6) is 0 Å². The molecule has 9 nitrogen and oxygen atoms in total. The molecule has 1 saturated heterocycles. The van der Waals surface area contributed by atoms with Crippen LogP contribution in [0.25, 0.3) is 5.69 Å². The molecule has 0 spiro atoms. The van der Waals surface area contributed by atoms with Crippen molar-refractivity contribution >= 4 is 17.3 Å². The average Bonchev–Trinajstić information content (AvgIpc) is 2.96. The summed E-state index contributed by atoms with van der Waals surface area (Å²) in [6, 6.07) is 15.2. The van der Waals surface area contributed by atoms with Crippen molar-refractivity contribution in [1.82, 2.24) is 20.2 Å². The van der Waals surface area contributed by atoms with E-state index in [9.17, 15) is 9.59 Å². The van der Waals surface area contributed by atoms with E-state index in [1.54, 1.807) is 29.1 Å². The first kappa shape index (κ1) is 19.7. The van der Waals surface area contributed by atoms with Crippen LogP contribution >= 0.6 is 0 Å². The molecule has 1 amide bonds. The molecular weight excluding hydrogens is 384 g/mol. The molecule has 0 atom stereocenters. The van der Waals surface area contributed by atoms with E-state index in [0.717, 1.165) is 49.7 Å². The number of nitrogens with one attached hydrogen (secondary N) is 2. The number of carbonyl (C=O) groups is 1. The van der Waals surface area contributed by atoms with E-state index in [0.29, 0.717) is 11.4 Å². The number of benzene rings is 2. The number of anilines is 2. The maximum Gasteiger partial charge on any atom is 0.347 e. The first-order valence-electron chi connectivity index (χ1n) is 9.85. The zero-order valence-corrected chi connectivity index (χ0v) is 16.7. The summed E-state index contributed by atoms with van der Waals surface area (Å²) >= 11 is 0. The quantitative estimate of drug-likeness (QED) is 0.448. The van der Waals surface area contributed by atoms with Gasteiger partial charge in [-0.25, -0.2) is 19.9 Å². The van der Waals surface area contributed by atoms with Crippen LogP contribution in [0.2, 0.25) is 0 Å². The fourth-order valence-corrected chi connectivity index (χ4v) is 3.81. The molecule has 156 valence electrons. The van der Waals surface area contributed by atoms with Crippen molar-refractivity contribution in [3.63, 3.8) is 0 Å². The lowest BCUT2D eigenvalue weighted by molar-refractivity contribution is 0.0706. The van der Waals surface area contributed by atoms with Gasteiger partial charge in [0.2, 0.25) is 0 Å². The summed E-state index contributed by atoms with van der Waals surface area (Å²) in [4.78, 5) is 28.0. The van der Waals surface area contributed by atoms with Crippen LogP contribution in [0.3, 0.4) is 0 Å². The fraction of sp³-hybridized carbons (Fsp3) is 0.286. The summed E-state index contributed by atoms with van der Waals surface area (Å²) in [6.07, 6.45) is 1.00. The zero-order valence-electron chi connectivity index (χ0n) is 16.7. The van der Waals surface area contributed by atoms with Crippen LogP contribution in [-0.4, -0.2) is 52.1 Å². The highest BCUT2D eigenvalue weighted by Crippen LogP contribution is 2.22. The summed E-state index contributed by atoms with van der Waals surface area (Å²) in [7, 11) is 0. The van der Waals surface area contributed by atoms with Crippen LogP contribution in [0.15, 0.2) is 53.3 Å². The number of H-pyrrole nitrogens is 1.